The maximum absolute atomic E-state index is 6.58. The first-order chi connectivity index (χ1) is 31.8. The van der Waals surface area contributed by atoms with Crippen LogP contribution in [0.2, 0.25) is 0 Å². The highest BCUT2D eigenvalue weighted by Crippen LogP contribution is 2.57. The van der Waals surface area contributed by atoms with Crippen LogP contribution in [-0.2, 0) is 5.41 Å². The molecule has 2 heterocycles. The smallest absolute Gasteiger partial charge is 0.143 e. The Labute approximate surface area is 371 Å². The van der Waals surface area contributed by atoms with E-state index in [4.69, 9.17) is 4.42 Å². The quantitative estimate of drug-likeness (QED) is 0.160. The van der Waals surface area contributed by atoms with Crippen molar-refractivity contribution in [1.29, 1.82) is 0 Å². The fourth-order valence-corrected chi connectivity index (χ4v) is 10.8. The molecule has 1 aliphatic rings. The maximum Gasteiger partial charge on any atom is 0.143 e. The zero-order valence-corrected chi connectivity index (χ0v) is 34.9. The average molecular weight is 817 g/mol. The number of fused-ring (bicyclic) bond motifs is 9. The van der Waals surface area contributed by atoms with Crippen LogP contribution < -0.4 is 4.90 Å². The Hall–Kier alpha value is -8.40. The predicted molar refractivity (Wildman–Crippen MR) is 265 cm³/mol. The average Bonchev–Trinajstić information content (AvgIpc) is 4.02. The Morgan fingerprint density at radius 1 is 0.359 bits per heavy atom. The second-order valence-corrected chi connectivity index (χ2v) is 16.8. The maximum atomic E-state index is 6.58. The monoisotopic (exact) mass is 816 g/mol. The lowest BCUT2D eigenvalue weighted by molar-refractivity contribution is 0.670. The Kier molecular flexibility index (Phi) is 8.13. The summed E-state index contributed by atoms with van der Waals surface area (Å²) in [6.45, 7) is 0. The molecule has 0 fully saturated rings. The van der Waals surface area contributed by atoms with Gasteiger partial charge in [0.1, 0.15) is 11.2 Å². The molecule has 64 heavy (non-hydrogen) atoms. The predicted octanol–water partition coefficient (Wildman–Crippen LogP) is 16.2. The second kappa shape index (κ2) is 14.3. The van der Waals surface area contributed by atoms with Gasteiger partial charge in [0.05, 0.1) is 16.4 Å². The first-order valence-electron chi connectivity index (χ1n) is 22.0. The van der Waals surface area contributed by atoms with Crippen molar-refractivity contribution < 1.29 is 4.42 Å². The number of hydrogen-bond acceptors (Lipinski definition) is 2. The van der Waals surface area contributed by atoms with E-state index in [9.17, 15) is 0 Å². The molecule has 10 aromatic carbocycles. The molecule has 0 unspecified atom stereocenters. The van der Waals surface area contributed by atoms with Crippen molar-refractivity contribution in [3.63, 3.8) is 0 Å². The van der Waals surface area contributed by atoms with Crippen LogP contribution in [0, 0.1) is 0 Å². The molecule has 1 aliphatic carbocycles. The zero-order valence-electron chi connectivity index (χ0n) is 34.9. The van der Waals surface area contributed by atoms with Crippen LogP contribution >= 0.6 is 0 Å². The van der Waals surface area contributed by atoms with Gasteiger partial charge in [-0.1, -0.05) is 176 Å². The number of rotatable bonds is 7. The molecule has 0 bridgehead atoms. The molecule has 0 radical (unpaired) electrons. The largest absolute Gasteiger partial charge is 0.455 e. The number of hydrogen-bond donors (Lipinski definition) is 0. The molecule has 0 aliphatic heterocycles. The number of para-hydroxylation sites is 4. The van der Waals surface area contributed by atoms with Crippen molar-refractivity contribution in [1.82, 2.24) is 4.57 Å². The van der Waals surface area contributed by atoms with Gasteiger partial charge in [-0.2, -0.15) is 0 Å². The third-order valence-corrected chi connectivity index (χ3v) is 13.5. The van der Waals surface area contributed by atoms with Crippen LogP contribution in [0.3, 0.4) is 0 Å². The Balaban J connectivity index is 1.02. The van der Waals surface area contributed by atoms with E-state index >= 15 is 0 Å². The van der Waals surface area contributed by atoms with Crippen LogP contribution in [0.4, 0.5) is 17.1 Å². The van der Waals surface area contributed by atoms with Gasteiger partial charge in [-0.05, 0) is 106 Å². The first kappa shape index (κ1) is 36.3. The van der Waals surface area contributed by atoms with Crippen LogP contribution in [0.25, 0.3) is 71.7 Å². The normalized spacial score (nSPS) is 12.8. The summed E-state index contributed by atoms with van der Waals surface area (Å²) in [5.41, 5.74) is 17.7. The highest BCUT2D eigenvalue weighted by atomic mass is 16.3. The van der Waals surface area contributed by atoms with Crippen molar-refractivity contribution in [3.05, 3.63) is 265 Å². The number of aromatic nitrogens is 1. The van der Waals surface area contributed by atoms with Crippen LogP contribution in [0.1, 0.15) is 22.3 Å². The summed E-state index contributed by atoms with van der Waals surface area (Å²) in [6.07, 6.45) is 0. The molecule has 0 atom stereocenters. The molecule has 300 valence electrons. The molecular formula is C61H40N2O. The number of benzene rings is 10. The van der Waals surface area contributed by atoms with Crippen LogP contribution in [0.5, 0.6) is 0 Å². The van der Waals surface area contributed by atoms with Gasteiger partial charge in [0.15, 0.2) is 0 Å². The molecule has 0 N–H and O–H groups in total. The van der Waals surface area contributed by atoms with Crippen LogP contribution in [-0.4, -0.2) is 4.57 Å². The first-order valence-corrected chi connectivity index (χ1v) is 22.0. The minimum Gasteiger partial charge on any atom is -0.455 e. The summed E-state index contributed by atoms with van der Waals surface area (Å²) >= 11 is 0. The third kappa shape index (κ3) is 5.34. The van der Waals surface area contributed by atoms with E-state index in [1.54, 1.807) is 0 Å². The lowest BCUT2D eigenvalue weighted by atomic mass is 9.68. The standard InChI is InChI=1S/C61H40N2O/c1-3-18-42(19-4-1)61(43-20-5-2-6-21-43)55-29-11-7-23-49(55)54-40-47(37-38-56(54)61)62(44-33-35-45(36-34-44)63-57-30-12-8-24-50(57)51-25-9-13-31-58(51)63)46-22-15-17-41(39-46)48-27-16-28-53-52-26-10-14-32-59(52)64-60(48)53/h1-40H. The number of nitrogens with zero attached hydrogens (tertiary/aromatic N) is 2. The Morgan fingerprint density at radius 3 is 1.64 bits per heavy atom. The number of anilines is 3. The van der Waals surface area contributed by atoms with Gasteiger partial charge in [0.2, 0.25) is 0 Å². The summed E-state index contributed by atoms with van der Waals surface area (Å²) < 4.78 is 8.96. The molecule has 3 nitrogen and oxygen atoms in total. The van der Waals surface area contributed by atoms with Gasteiger partial charge >= 0.3 is 0 Å². The van der Waals surface area contributed by atoms with Gasteiger partial charge in [-0.15, -0.1) is 0 Å². The van der Waals surface area contributed by atoms with E-state index in [-0.39, 0.29) is 0 Å². The molecule has 3 heteroatoms. The van der Waals surface area contributed by atoms with E-state index in [0.717, 1.165) is 55.8 Å². The van der Waals surface area contributed by atoms with Gasteiger partial charge < -0.3 is 13.9 Å². The van der Waals surface area contributed by atoms with Crippen molar-refractivity contribution in [2.75, 3.05) is 4.90 Å². The highest BCUT2D eigenvalue weighted by Gasteiger charge is 2.46. The molecule has 0 saturated carbocycles. The molecular weight excluding hydrogens is 777 g/mol. The Bertz CT molecular complexity index is 3640. The zero-order chi connectivity index (χ0) is 42.2. The van der Waals surface area contributed by atoms with Gasteiger partial charge in [-0.3, -0.25) is 0 Å². The summed E-state index contributed by atoms with van der Waals surface area (Å²) in [5.74, 6) is 0. The highest BCUT2D eigenvalue weighted by molar-refractivity contribution is 6.10. The summed E-state index contributed by atoms with van der Waals surface area (Å²) in [4.78, 5) is 2.41. The molecule has 0 amide bonds. The van der Waals surface area contributed by atoms with E-state index in [1.807, 2.05) is 6.07 Å². The van der Waals surface area contributed by atoms with Gasteiger partial charge in [-0.25, -0.2) is 0 Å². The van der Waals surface area contributed by atoms with Crippen LogP contribution in [0.15, 0.2) is 247 Å². The van der Waals surface area contributed by atoms with E-state index in [1.165, 1.54) is 55.2 Å². The number of furan rings is 1. The van der Waals surface area contributed by atoms with Crippen molar-refractivity contribution in [3.8, 4) is 27.9 Å². The minimum absolute atomic E-state index is 0.479. The molecule has 0 saturated heterocycles. The van der Waals surface area contributed by atoms with E-state index in [0.29, 0.717) is 0 Å². The fraction of sp³-hybridized carbons (Fsp3) is 0.0164. The minimum atomic E-state index is -0.479. The molecule has 0 spiro atoms. The Morgan fingerprint density at radius 2 is 0.906 bits per heavy atom. The third-order valence-electron chi connectivity index (χ3n) is 13.5. The molecule has 13 rings (SSSR count). The molecule has 2 aromatic heterocycles. The fourth-order valence-electron chi connectivity index (χ4n) is 10.8. The second-order valence-electron chi connectivity index (χ2n) is 16.8. The SMILES string of the molecule is c1ccc(C2(c3ccccc3)c3ccccc3-c3cc(N(c4ccc(-n5c6ccccc6c6ccccc65)cc4)c4cccc(-c5cccc6c5oc5ccccc56)c4)ccc32)cc1. The van der Waals surface area contributed by atoms with Crippen molar-refractivity contribution in [2.24, 2.45) is 0 Å². The summed E-state index contributed by atoms with van der Waals surface area (Å²) in [7, 11) is 0. The van der Waals surface area contributed by atoms with Gasteiger partial charge in [0, 0.05) is 49.9 Å². The lowest BCUT2D eigenvalue weighted by Gasteiger charge is -2.34. The van der Waals surface area contributed by atoms with E-state index in [2.05, 4.69) is 246 Å². The van der Waals surface area contributed by atoms with Crippen molar-refractivity contribution in [2.45, 2.75) is 5.41 Å². The topological polar surface area (TPSA) is 21.3 Å². The summed E-state index contributed by atoms with van der Waals surface area (Å²) in [6, 6.07) is 88.2. The van der Waals surface area contributed by atoms with Crippen molar-refractivity contribution >= 4 is 60.8 Å². The summed E-state index contributed by atoms with van der Waals surface area (Å²) in [5, 5.41) is 4.75. The lowest BCUT2D eigenvalue weighted by Crippen LogP contribution is -2.28. The molecule has 12 aromatic rings. The van der Waals surface area contributed by atoms with E-state index < -0.39 is 5.41 Å². The van der Waals surface area contributed by atoms with Gasteiger partial charge in [0.25, 0.3) is 0 Å².